The summed E-state index contributed by atoms with van der Waals surface area (Å²) < 4.78 is 60.1. The van der Waals surface area contributed by atoms with Crippen molar-refractivity contribution in [3.63, 3.8) is 0 Å². The number of aryl methyl sites for hydroxylation is 1. The highest BCUT2D eigenvalue weighted by Crippen LogP contribution is 2.34. The Hall–Kier alpha value is -3.52. The van der Waals surface area contributed by atoms with E-state index in [1.54, 1.807) is 36.9 Å². The Labute approximate surface area is 255 Å². The second kappa shape index (κ2) is 12.8. The number of hydrogen-bond donors (Lipinski definition) is 1. The standard InChI is InChI=1S/C29H33ClF4N6O4/c1-16-26-27(40(37-16)17(2)21-7-5-19(30)12-22(21)31)36-24(13-35-26)38-11-9-23(18(14-38)15-44-28(43)29(32,33)34)39-10-3-4-20(39)6-8-25(41)42/h5,7,12-13,17-18,20,23H,3-4,6,8-11,14-15H2,1-2H3,(H,41,42)/t17?,18-,20?,23-/m0/s1. The summed E-state index contributed by atoms with van der Waals surface area (Å²) in [7, 11) is 0. The molecule has 3 aromatic rings. The van der Waals surface area contributed by atoms with Crippen LogP contribution in [0.3, 0.4) is 0 Å². The predicted molar refractivity (Wildman–Crippen MR) is 153 cm³/mol. The Kier molecular flexibility index (Phi) is 9.30. The number of rotatable bonds is 9. The molecule has 0 spiro atoms. The summed E-state index contributed by atoms with van der Waals surface area (Å²) in [4.78, 5) is 36.3. The topological polar surface area (TPSA) is 114 Å². The lowest BCUT2D eigenvalue weighted by Gasteiger charge is -2.44. The number of hydrogen-bond acceptors (Lipinski definition) is 8. The van der Waals surface area contributed by atoms with Crippen LogP contribution in [0, 0.1) is 18.7 Å². The molecule has 1 N–H and O–H groups in total. The van der Waals surface area contributed by atoms with Gasteiger partial charge in [-0.2, -0.15) is 18.3 Å². The molecule has 15 heteroatoms. The van der Waals surface area contributed by atoms with Gasteiger partial charge in [0, 0.05) is 48.1 Å². The molecule has 238 valence electrons. The molecule has 4 heterocycles. The van der Waals surface area contributed by atoms with Crippen molar-refractivity contribution in [2.24, 2.45) is 5.92 Å². The summed E-state index contributed by atoms with van der Waals surface area (Å²) in [5.74, 6) is -3.69. The van der Waals surface area contributed by atoms with Gasteiger partial charge in [0.2, 0.25) is 0 Å². The molecule has 5 rings (SSSR count). The average Bonchev–Trinajstić information content (AvgIpc) is 3.57. The van der Waals surface area contributed by atoms with Crippen molar-refractivity contribution in [2.75, 3.05) is 31.1 Å². The highest BCUT2D eigenvalue weighted by molar-refractivity contribution is 6.30. The largest absolute Gasteiger partial charge is 0.490 e. The summed E-state index contributed by atoms with van der Waals surface area (Å²) >= 11 is 5.94. The van der Waals surface area contributed by atoms with Crippen LogP contribution in [0.25, 0.3) is 11.2 Å². The van der Waals surface area contributed by atoms with Crippen LogP contribution in [-0.4, -0.2) is 86.2 Å². The monoisotopic (exact) mass is 640 g/mol. The van der Waals surface area contributed by atoms with Gasteiger partial charge in [-0.1, -0.05) is 17.7 Å². The molecule has 10 nitrogen and oxygen atoms in total. The number of carbonyl (C=O) groups excluding carboxylic acids is 1. The molecule has 2 saturated heterocycles. The van der Waals surface area contributed by atoms with E-state index in [1.165, 1.54) is 6.07 Å². The number of carboxylic acids is 1. The van der Waals surface area contributed by atoms with Crippen molar-refractivity contribution >= 4 is 40.5 Å². The first-order valence-electron chi connectivity index (χ1n) is 14.5. The first-order valence-corrected chi connectivity index (χ1v) is 14.8. The molecule has 0 aliphatic carbocycles. The summed E-state index contributed by atoms with van der Waals surface area (Å²) in [5.41, 5.74) is 1.90. The molecule has 0 saturated carbocycles. The molecule has 44 heavy (non-hydrogen) atoms. The van der Waals surface area contributed by atoms with Gasteiger partial charge in [0.25, 0.3) is 0 Å². The summed E-state index contributed by atoms with van der Waals surface area (Å²) in [6.07, 6.45) is -0.953. The van der Waals surface area contributed by atoms with E-state index in [4.69, 9.17) is 21.3 Å². The van der Waals surface area contributed by atoms with E-state index in [9.17, 15) is 32.3 Å². The second-order valence-corrected chi connectivity index (χ2v) is 11.8. The number of aliphatic carboxylic acids is 1. The third kappa shape index (κ3) is 6.75. The first kappa shape index (κ1) is 31.9. The maximum Gasteiger partial charge on any atom is 0.490 e. The third-order valence-electron chi connectivity index (χ3n) is 8.56. The smallest absolute Gasteiger partial charge is 0.481 e. The van der Waals surface area contributed by atoms with Crippen molar-refractivity contribution in [2.45, 2.75) is 70.3 Å². The Morgan fingerprint density at radius 2 is 2.00 bits per heavy atom. The molecule has 2 fully saturated rings. The van der Waals surface area contributed by atoms with Gasteiger partial charge in [-0.25, -0.2) is 23.8 Å². The molecule has 1 aromatic carbocycles. The Balaban J connectivity index is 1.42. The number of aromatic nitrogens is 4. The van der Waals surface area contributed by atoms with Crippen LogP contribution in [-0.2, 0) is 14.3 Å². The van der Waals surface area contributed by atoms with Crippen molar-refractivity contribution in [3.05, 3.63) is 46.5 Å². The number of anilines is 1. The molecule has 0 bridgehead atoms. The molecule has 4 atom stereocenters. The summed E-state index contributed by atoms with van der Waals surface area (Å²) in [6.45, 7) is 4.49. The lowest BCUT2D eigenvalue weighted by Crippen LogP contribution is -2.54. The number of halogens is 5. The Morgan fingerprint density at radius 3 is 2.70 bits per heavy atom. The normalized spacial score (nSPS) is 22.0. The Morgan fingerprint density at radius 1 is 1.23 bits per heavy atom. The number of benzene rings is 1. The van der Waals surface area contributed by atoms with Crippen LogP contribution in [0.4, 0.5) is 23.4 Å². The second-order valence-electron chi connectivity index (χ2n) is 11.4. The van der Waals surface area contributed by atoms with Gasteiger partial charge in [0.15, 0.2) is 5.65 Å². The van der Waals surface area contributed by atoms with Gasteiger partial charge in [-0.15, -0.1) is 0 Å². The number of fused-ring (bicyclic) bond motifs is 1. The van der Waals surface area contributed by atoms with Crippen molar-refractivity contribution in [1.29, 1.82) is 0 Å². The fourth-order valence-electron chi connectivity index (χ4n) is 6.42. The fraction of sp³-hybridized carbons (Fsp3) is 0.552. The van der Waals surface area contributed by atoms with E-state index in [1.807, 2.05) is 4.90 Å². The number of ether oxygens (including phenoxy) is 1. The van der Waals surface area contributed by atoms with E-state index < -0.39 is 42.5 Å². The minimum atomic E-state index is -5.12. The van der Waals surface area contributed by atoms with E-state index in [2.05, 4.69) is 15.0 Å². The molecule has 2 unspecified atom stereocenters. The van der Waals surface area contributed by atoms with Crippen LogP contribution < -0.4 is 4.90 Å². The lowest BCUT2D eigenvalue weighted by atomic mass is 9.90. The summed E-state index contributed by atoms with van der Waals surface area (Å²) in [5, 5.41) is 14.0. The lowest BCUT2D eigenvalue weighted by molar-refractivity contribution is -0.201. The molecule has 0 radical (unpaired) electrons. The highest BCUT2D eigenvalue weighted by atomic mass is 35.5. The number of esters is 1. The summed E-state index contributed by atoms with van der Waals surface area (Å²) in [6, 6.07) is 3.62. The van der Waals surface area contributed by atoms with Gasteiger partial charge in [0.05, 0.1) is 24.5 Å². The number of carboxylic acid groups (broad SMARTS) is 1. The van der Waals surface area contributed by atoms with Gasteiger partial charge in [0.1, 0.15) is 17.2 Å². The Bertz CT molecular complexity index is 1540. The minimum Gasteiger partial charge on any atom is -0.481 e. The zero-order valence-corrected chi connectivity index (χ0v) is 25.0. The van der Waals surface area contributed by atoms with Gasteiger partial charge >= 0.3 is 18.1 Å². The number of alkyl halides is 3. The van der Waals surface area contributed by atoms with Gasteiger partial charge < -0.3 is 14.7 Å². The SMILES string of the molecule is Cc1nn(C(C)c2ccc(Cl)cc2F)c2nc(N3CC[C@H](N4CCCC4CCC(=O)O)[C@H](COC(=O)C(F)(F)F)C3)cnc12. The minimum absolute atomic E-state index is 0.00518. The van der Waals surface area contributed by atoms with Crippen LogP contribution in [0.15, 0.2) is 24.4 Å². The zero-order chi connectivity index (χ0) is 31.8. The van der Waals surface area contributed by atoms with Crippen molar-refractivity contribution < 1.29 is 37.0 Å². The van der Waals surface area contributed by atoms with Crippen LogP contribution in [0.1, 0.15) is 56.3 Å². The number of piperidine rings is 1. The highest BCUT2D eigenvalue weighted by Gasteiger charge is 2.44. The average molecular weight is 641 g/mol. The van der Waals surface area contributed by atoms with Crippen LogP contribution in [0.2, 0.25) is 5.02 Å². The van der Waals surface area contributed by atoms with E-state index in [-0.39, 0.29) is 30.1 Å². The van der Waals surface area contributed by atoms with E-state index >= 15 is 0 Å². The predicted octanol–water partition coefficient (Wildman–Crippen LogP) is 5.17. The van der Waals surface area contributed by atoms with Gasteiger partial charge in [-0.3, -0.25) is 9.69 Å². The number of likely N-dealkylation sites (tertiary alicyclic amines) is 1. The third-order valence-corrected chi connectivity index (χ3v) is 8.79. The van der Waals surface area contributed by atoms with Crippen molar-refractivity contribution in [3.8, 4) is 0 Å². The van der Waals surface area contributed by atoms with Crippen LogP contribution >= 0.6 is 11.6 Å². The quantitative estimate of drug-likeness (QED) is 0.250. The molecular weight excluding hydrogens is 608 g/mol. The zero-order valence-electron chi connectivity index (χ0n) is 24.2. The molecular formula is C29H33ClF4N6O4. The molecule has 2 aliphatic heterocycles. The van der Waals surface area contributed by atoms with Gasteiger partial charge in [-0.05, 0) is 58.2 Å². The number of carbonyl (C=O) groups is 2. The molecule has 0 amide bonds. The first-order chi connectivity index (χ1) is 20.8. The molecule has 2 aromatic heterocycles. The number of nitrogens with zero attached hydrogens (tertiary/aromatic N) is 6. The van der Waals surface area contributed by atoms with Crippen molar-refractivity contribution in [1.82, 2.24) is 24.6 Å². The van der Waals surface area contributed by atoms with E-state index in [0.717, 1.165) is 12.8 Å². The maximum absolute atomic E-state index is 14.8. The maximum atomic E-state index is 14.8. The van der Waals surface area contributed by atoms with E-state index in [0.29, 0.717) is 54.2 Å². The van der Waals surface area contributed by atoms with Crippen LogP contribution in [0.5, 0.6) is 0 Å². The fourth-order valence-corrected chi connectivity index (χ4v) is 6.58. The molecule has 2 aliphatic rings.